The number of rotatable bonds is 2. The number of allylic oxidation sites excluding steroid dienone is 1. The number of ether oxygens (including phenoxy) is 1. The number of pyridine rings is 1. The summed E-state index contributed by atoms with van der Waals surface area (Å²) >= 11 is 0. The van der Waals surface area contributed by atoms with Crippen LogP contribution in [0.3, 0.4) is 0 Å². The Morgan fingerprint density at radius 1 is 1.24 bits per heavy atom. The highest BCUT2D eigenvalue weighted by molar-refractivity contribution is 5.80. The van der Waals surface area contributed by atoms with Crippen molar-refractivity contribution in [3.63, 3.8) is 0 Å². The molecule has 154 valence electrons. The van der Waals surface area contributed by atoms with Gasteiger partial charge in [0.1, 0.15) is 11.4 Å². The minimum absolute atomic E-state index is 0.245. The molecule has 1 amide bonds. The van der Waals surface area contributed by atoms with Crippen molar-refractivity contribution >= 4 is 22.6 Å². The van der Waals surface area contributed by atoms with Gasteiger partial charge >= 0.3 is 11.7 Å². The largest absolute Gasteiger partial charge is 0.444 e. The van der Waals surface area contributed by atoms with Crippen molar-refractivity contribution in [1.29, 1.82) is 0 Å². The molecule has 1 aliphatic heterocycles. The molecule has 1 atom stereocenters. The number of piperazine rings is 1. The minimum Gasteiger partial charge on any atom is -0.444 e. The highest BCUT2D eigenvalue weighted by atomic mass is 16.6. The standard InChI is InChI=1S/C22H27N3O4/c1-22(2,3)29-21(27)25-11-9-24(10-12-25)16-7-6-15(13-16)19-14-18-17(20(26)28-19)5-4-8-23-18/h4-5,8,13-14,16H,6-7,9-12H2,1-3H3/t16-/m1/s1. The Morgan fingerprint density at radius 3 is 2.72 bits per heavy atom. The zero-order chi connectivity index (χ0) is 20.6. The average molecular weight is 397 g/mol. The Labute approximate surface area is 170 Å². The monoisotopic (exact) mass is 397 g/mol. The van der Waals surface area contributed by atoms with E-state index in [1.54, 1.807) is 23.2 Å². The first-order chi connectivity index (χ1) is 13.8. The third kappa shape index (κ3) is 4.34. The zero-order valence-corrected chi connectivity index (χ0v) is 17.2. The topological polar surface area (TPSA) is 75.9 Å². The van der Waals surface area contributed by atoms with Crippen LogP contribution in [-0.4, -0.2) is 58.7 Å². The van der Waals surface area contributed by atoms with Crippen molar-refractivity contribution in [2.24, 2.45) is 0 Å². The molecular formula is C22H27N3O4. The van der Waals surface area contributed by atoms with Crippen molar-refractivity contribution in [3.05, 3.63) is 46.7 Å². The fourth-order valence-corrected chi connectivity index (χ4v) is 3.93. The van der Waals surface area contributed by atoms with E-state index < -0.39 is 5.60 Å². The predicted octanol–water partition coefficient (Wildman–Crippen LogP) is 3.29. The van der Waals surface area contributed by atoms with E-state index in [2.05, 4.69) is 16.0 Å². The smallest absolute Gasteiger partial charge is 0.410 e. The molecule has 3 heterocycles. The lowest BCUT2D eigenvalue weighted by Gasteiger charge is -2.37. The van der Waals surface area contributed by atoms with Gasteiger partial charge in [-0.15, -0.1) is 0 Å². The van der Waals surface area contributed by atoms with Crippen molar-refractivity contribution in [1.82, 2.24) is 14.8 Å². The number of hydrogen-bond acceptors (Lipinski definition) is 6. The highest BCUT2D eigenvalue weighted by Gasteiger charge is 2.30. The maximum absolute atomic E-state index is 12.2. The van der Waals surface area contributed by atoms with E-state index in [4.69, 9.17) is 9.15 Å². The third-order valence-electron chi connectivity index (χ3n) is 5.38. The molecule has 1 fully saturated rings. The molecule has 1 aliphatic carbocycles. The first-order valence-electron chi connectivity index (χ1n) is 10.1. The lowest BCUT2D eigenvalue weighted by molar-refractivity contribution is 0.0123. The van der Waals surface area contributed by atoms with Crippen LogP contribution in [0.5, 0.6) is 0 Å². The molecule has 7 heteroatoms. The van der Waals surface area contributed by atoms with Crippen LogP contribution in [0.25, 0.3) is 16.5 Å². The van der Waals surface area contributed by atoms with Crippen molar-refractivity contribution < 1.29 is 13.9 Å². The molecule has 0 bridgehead atoms. The van der Waals surface area contributed by atoms with E-state index in [0.717, 1.165) is 31.5 Å². The maximum atomic E-state index is 12.2. The average Bonchev–Trinajstić information content (AvgIpc) is 3.17. The molecule has 29 heavy (non-hydrogen) atoms. The van der Waals surface area contributed by atoms with Crippen LogP contribution < -0.4 is 5.63 Å². The molecule has 7 nitrogen and oxygen atoms in total. The van der Waals surface area contributed by atoms with Gasteiger partial charge in [-0.3, -0.25) is 9.88 Å². The third-order valence-corrected chi connectivity index (χ3v) is 5.38. The SMILES string of the molecule is CC(C)(C)OC(=O)N1CCN([C@H]2C=C(c3cc4ncccc4c(=O)o3)CC2)CC1. The van der Waals surface area contributed by atoms with Gasteiger partial charge in [-0.25, -0.2) is 9.59 Å². The van der Waals surface area contributed by atoms with E-state index in [1.165, 1.54) is 0 Å². The summed E-state index contributed by atoms with van der Waals surface area (Å²) in [5.41, 5.74) is 0.889. The molecule has 2 aromatic heterocycles. The van der Waals surface area contributed by atoms with Crippen LogP contribution in [0.4, 0.5) is 4.79 Å². The second-order valence-electron chi connectivity index (χ2n) is 8.64. The first kappa shape index (κ1) is 19.6. The van der Waals surface area contributed by atoms with Crippen molar-refractivity contribution in [2.45, 2.75) is 45.3 Å². The molecule has 1 saturated heterocycles. The summed E-state index contributed by atoms with van der Waals surface area (Å²) in [5.74, 6) is 0.607. The summed E-state index contributed by atoms with van der Waals surface area (Å²) in [4.78, 5) is 32.9. The van der Waals surface area contributed by atoms with Gasteiger partial charge in [0.05, 0.1) is 10.9 Å². The molecule has 2 aliphatic rings. The van der Waals surface area contributed by atoms with Gasteiger partial charge in [0.25, 0.3) is 0 Å². The Hall–Kier alpha value is -2.67. The Kier molecular flexibility index (Phi) is 5.17. The van der Waals surface area contributed by atoms with Gasteiger partial charge in [0.2, 0.25) is 0 Å². The molecule has 0 spiro atoms. The number of aromatic nitrogens is 1. The fourth-order valence-electron chi connectivity index (χ4n) is 3.93. The number of carbonyl (C=O) groups excluding carboxylic acids is 1. The second-order valence-corrected chi connectivity index (χ2v) is 8.64. The summed E-state index contributed by atoms with van der Waals surface area (Å²) < 4.78 is 11.0. The van der Waals surface area contributed by atoms with Gasteiger partial charge in [-0.2, -0.15) is 0 Å². The van der Waals surface area contributed by atoms with Crippen LogP contribution in [0.2, 0.25) is 0 Å². The van der Waals surface area contributed by atoms with Crippen LogP contribution in [0, 0.1) is 0 Å². The molecule has 0 aromatic carbocycles. The van der Waals surface area contributed by atoms with Gasteiger partial charge in [0, 0.05) is 44.5 Å². The van der Waals surface area contributed by atoms with Crippen LogP contribution in [0.15, 0.2) is 39.7 Å². The van der Waals surface area contributed by atoms with Crippen LogP contribution >= 0.6 is 0 Å². The zero-order valence-electron chi connectivity index (χ0n) is 17.2. The van der Waals surface area contributed by atoms with Crippen molar-refractivity contribution in [2.75, 3.05) is 26.2 Å². The van der Waals surface area contributed by atoms with Crippen LogP contribution in [-0.2, 0) is 4.74 Å². The number of hydrogen-bond donors (Lipinski definition) is 0. The number of fused-ring (bicyclic) bond motifs is 1. The van der Waals surface area contributed by atoms with E-state index in [9.17, 15) is 9.59 Å². The summed E-state index contributed by atoms with van der Waals surface area (Å²) in [6.07, 6.45) is 5.46. The van der Waals surface area contributed by atoms with Gasteiger partial charge in [0.15, 0.2) is 0 Å². The number of nitrogens with zero attached hydrogens (tertiary/aromatic N) is 3. The Morgan fingerprint density at radius 2 is 2.00 bits per heavy atom. The van der Waals surface area contributed by atoms with Gasteiger partial charge < -0.3 is 14.1 Å². The summed E-state index contributed by atoms with van der Waals surface area (Å²) in [7, 11) is 0. The molecular weight excluding hydrogens is 370 g/mol. The lowest BCUT2D eigenvalue weighted by atomic mass is 10.1. The molecule has 0 saturated carbocycles. The Balaban J connectivity index is 1.42. The van der Waals surface area contributed by atoms with E-state index in [-0.39, 0.29) is 17.8 Å². The lowest BCUT2D eigenvalue weighted by Crippen LogP contribution is -2.52. The van der Waals surface area contributed by atoms with Crippen molar-refractivity contribution in [3.8, 4) is 0 Å². The number of carbonyl (C=O) groups is 1. The van der Waals surface area contributed by atoms with Crippen LogP contribution in [0.1, 0.15) is 39.4 Å². The maximum Gasteiger partial charge on any atom is 0.410 e. The quantitative estimate of drug-likeness (QED) is 0.774. The van der Waals surface area contributed by atoms with E-state index in [0.29, 0.717) is 29.8 Å². The molecule has 2 aromatic rings. The highest BCUT2D eigenvalue weighted by Crippen LogP contribution is 2.31. The first-order valence-corrected chi connectivity index (χ1v) is 10.1. The molecule has 0 radical (unpaired) electrons. The normalized spacial score (nSPS) is 20.7. The van der Waals surface area contributed by atoms with Gasteiger partial charge in [-0.05, 0) is 51.3 Å². The summed E-state index contributed by atoms with van der Waals surface area (Å²) in [5, 5.41) is 0.504. The fraction of sp³-hybridized carbons (Fsp3) is 0.500. The minimum atomic E-state index is -0.476. The Bertz CT molecular complexity index is 997. The van der Waals surface area contributed by atoms with E-state index >= 15 is 0 Å². The molecule has 4 rings (SSSR count). The summed E-state index contributed by atoms with van der Waals surface area (Å²) in [6, 6.07) is 5.61. The molecule has 0 N–H and O–H groups in total. The predicted molar refractivity (Wildman–Crippen MR) is 111 cm³/mol. The summed E-state index contributed by atoms with van der Waals surface area (Å²) in [6.45, 7) is 8.56. The van der Waals surface area contributed by atoms with Gasteiger partial charge in [-0.1, -0.05) is 6.08 Å². The van der Waals surface area contributed by atoms with E-state index in [1.807, 2.05) is 26.8 Å². The molecule has 0 unspecified atom stereocenters. The second kappa shape index (κ2) is 7.63. The number of amides is 1.